The van der Waals surface area contributed by atoms with Crippen LogP contribution in [-0.4, -0.2) is 26.4 Å². The number of nitrogens with zero attached hydrogens (tertiary/aromatic N) is 3. The number of carbonyl (C=O) groups excluding carboxylic acids is 1. The van der Waals surface area contributed by atoms with E-state index in [0.29, 0.717) is 11.7 Å². The molecule has 1 heterocycles. The average Bonchev–Trinajstić information content (AvgIpc) is 3.18. The first kappa shape index (κ1) is 18.7. The summed E-state index contributed by atoms with van der Waals surface area (Å²) in [6, 6.07) is 19.7. The molecule has 1 saturated carbocycles. The van der Waals surface area contributed by atoms with Crippen LogP contribution in [0.3, 0.4) is 0 Å². The van der Waals surface area contributed by atoms with Crippen LogP contribution < -0.4 is 5.32 Å². The predicted octanol–water partition coefficient (Wildman–Crippen LogP) is 5.05. The van der Waals surface area contributed by atoms with Gasteiger partial charge in [0.25, 0.3) is 0 Å². The van der Waals surface area contributed by atoms with Gasteiger partial charge in [0.1, 0.15) is 5.82 Å². The molecule has 0 aliphatic heterocycles. The Morgan fingerprint density at radius 3 is 2.36 bits per heavy atom. The minimum Gasteiger partial charge on any atom is -0.325 e. The molecule has 0 radical (unpaired) electrons. The molecule has 1 aliphatic carbocycles. The Bertz CT molecular complexity index is 905. The van der Waals surface area contributed by atoms with Crippen LogP contribution in [-0.2, 0) is 4.79 Å². The number of benzene rings is 2. The van der Waals surface area contributed by atoms with Gasteiger partial charge < -0.3 is 5.32 Å². The number of hydrogen-bond acceptors (Lipinski definition) is 4. The molecule has 1 amide bonds. The third-order valence-corrected chi connectivity index (χ3v) is 5.96. The van der Waals surface area contributed by atoms with Crippen molar-refractivity contribution >= 4 is 23.4 Å². The van der Waals surface area contributed by atoms with Crippen molar-refractivity contribution in [2.24, 2.45) is 0 Å². The van der Waals surface area contributed by atoms with Crippen LogP contribution in [0.25, 0.3) is 5.69 Å². The summed E-state index contributed by atoms with van der Waals surface area (Å²) < 4.78 is 2.14. The van der Waals surface area contributed by atoms with E-state index in [-0.39, 0.29) is 5.91 Å². The number of para-hydroxylation sites is 2. The summed E-state index contributed by atoms with van der Waals surface area (Å²) in [5, 5.41) is 12.7. The van der Waals surface area contributed by atoms with Crippen molar-refractivity contribution in [3.8, 4) is 5.69 Å². The van der Waals surface area contributed by atoms with E-state index in [9.17, 15) is 4.79 Å². The van der Waals surface area contributed by atoms with E-state index < -0.39 is 0 Å². The summed E-state index contributed by atoms with van der Waals surface area (Å²) in [7, 11) is 0. The fourth-order valence-electron chi connectivity index (χ4n) is 3.67. The van der Waals surface area contributed by atoms with Crippen LogP contribution >= 0.6 is 11.8 Å². The van der Waals surface area contributed by atoms with Crippen LogP contribution in [0, 0.1) is 0 Å². The molecule has 0 saturated heterocycles. The molecule has 0 unspecified atom stereocenters. The molecule has 1 fully saturated rings. The van der Waals surface area contributed by atoms with E-state index in [0.717, 1.165) is 35.2 Å². The van der Waals surface area contributed by atoms with Crippen LogP contribution in [0.5, 0.6) is 0 Å². The van der Waals surface area contributed by atoms with Gasteiger partial charge in [0, 0.05) is 17.3 Å². The number of aromatic nitrogens is 3. The van der Waals surface area contributed by atoms with Crippen LogP contribution in [0.15, 0.2) is 65.8 Å². The first-order valence-corrected chi connectivity index (χ1v) is 10.8. The summed E-state index contributed by atoms with van der Waals surface area (Å²) in [6.45, 7) is 0. The van der Waals surface area contributed by atoms with Gasteiger partial charge in [0.05, 0.1) is 5.75 Å². The largest absolute Gasteiger partial charge is 0.325 e. The van der Waals surface area contributed by atoms with Gasteiger partial charge in [-0.3, -0.25) is 9.36 Å². The van der Waals surface area contributed by atoms with Gasteiger partial charge >= 0.3 is 0 Å². The molecular weight excluding hydrogens is 368 g/mol. The van der Waals surface area contributed by atoms with Crippen LogP contribution in [0.2, 0.25) is 0 Å². The number of thioether (sulfide) groups is 1. The molecule has 2 aromatic carbocycles. The molecule has 4 rings (SSSR count). The number of carbonyl (C=O) groups is 1. The van der Waals surface area contributed by atoms with E-state index in [1.165, 1.54) is 31.0 Å². The highest BCUT2D eigenvalue weighted by atomic mass is 32.2. The lowest BCUT2D eigenvalue weighted by molar-refractivity contribution is -0.113. The standard InChI is InChI=1S/C22H24N4OS/c27-20(23-18-12-6-2-7-13-18)16-28-22-25-24-21(17-10-4-1-5-11-17)26(22)19-14-8-3-9-15-19/h2-3,6-9,12-15,17H,1,4-5,10-11,16H2,(H,23,27). The first-order chi connectivity index (χ1) is 13.8. The summed E-state index contributed by atoms with van der Waals surface area (Å²) >= 11 is 1.43. The van der Waals surface area contributed by atoms with E-state index in [4.69, 9.17) is 0 Å². The molecule has 1 aromatic heterocycles. The van der Waals surface area contributed by atoms with E-state index in [2.05, 4.69) is 32.2 Å². The quantitative estimate of drug-likeness (QED) is 0.597. The number of hydrogen-bond donors (Lipinski definition) is 1. The molecule has 5 nitrogen and oxygen atoms in total. The van der Waals surface area contributed by atoms with Gasteiger partial charge in [0.2, 0.25) is 5.91 Å². The molecule has 1 N–H and O–H groups in total. The van der Waals surface area contributed by atoms with E-state index >= 15 is 0 Å². The Morgan fingerprint density at radius 1 is 0.964 bits per heavy atom. The second-order valence-corrected chi connectivity index (χ2v) is 7.99. The van der Waals surface area contributed by atoms with Crippen molar-refractivity contribution in [1.29, 1.82) is 0 Å². The Balaban J connectivity index is 1.53. The molecule has 144 valence electrons. The van der Waals surface area contributed by atoms with Crippen molar-refractivity contribution < 1.29 is 4.79 Å². The van der Waals surface area contributed by atoms with Crippen LogP contribution in [0.1, 0.15) is 43.8 Å². The maximum absolute atomic E-state index is 12.4. The summed E-state index contributed by atoms with van der Waals surface area (Å²) in [5.74, 6) is 1.72. The zero-order valence-corrected chi connectivity index (χ0v) is 16.6. The molecule has 3 aromatic rings. The van der Waals surface area contributed by atoms with Gasteiger partial charge in [-0.2, -0.15) is 0 Å². The molecule has 0 spiro atoms. The fourth-order valence-corrected chi connectivity index (χ4v) is 4.43. The Kier molecular flexibility index (Phi) is 6.07. The van der Waals surface area contributed by atoms with Crippen molar-refractivity contribution in [3.05, 3.63) is 66.5 Å². The third-order valence-electron chi connectivity index (χ3n) is 5.03. The highest BCUT2D eigenvalue weighted by Crippen LogP contribution is 2.34. The summed E-state index contributed by atoms with van der Waals surface area (Å²) in [4.78, 5) is 12.4. The number of nitrogens with one attached hydrogen (secondary N) is 1. The van der Waals surface area contributed by atoms with Gasteiger partial charge in [-0.1, -0.05) is 67.4 Å². The van der Waals surface area contributed by atoms with Gasteiger partial charge in [-0.15, -0.1) is 10.2 Å². The molecule has 6 heteroatoms. The smallest absolute Gasteiger partial charge is 0.234 e. The predicted molar refractivity (Wildman–Crippen MR) is 113 cm³/mol. The molecule has 0 bridgehead atoms. The lowest BCUT2D eigenvalue weighted by Gasteiger charge is -2.22. The van der Waals surface area contributed by atoms with Crippen LogP contribution in [0.4, 0.5) is 5.69 Å². The minimum absolute atomic E-state index is 0.0435. The Labute approximate surface area is 169 Å². The third kappa shape index (κ3) is 4.44. The highest BCUT2D eigenvalue weighted by molar-refractivity contribution is 7.99. The summed E-state index contributed by atoms with van der Waals surface area (Å²) in [6.07, 6.45) is 6.11. The van der Waals surface area contributed by atoms with E-state index in [1.54, 1.807) is 0 Å². The summed E-state index contributed by atoms with van der Waals surface area (Å²) in [5.41, 5.74) is 1.86. The lowest BCUT2D eigenvalue weighted by atomic mass is 9.88. The lowest BCUT2D eigenvalue weighted by Crippen LogP contribution is -2.15. The maximum atomic E-state index is 12.4. The van der Waals surface area contributed by atoms with Crippen molar-refractivity contribution in [3.63, 3.8) is 0 Å². The maximum Gasteiger partial charge on any atom is 0.234 e. The van der Waals surface area contributed by atoms with Crippen molar-refractivity contribution in [2.75, 3.05) is 11.1 Å². The topological polar surface area (TPSA) is 59.8 Å². The highest BCUT2D eigenvalue weighted by Gasteiger charge is 2.24. The zero-order chi connectivity index (χ0) is 19.2. The van der Waals surface area contributed by atoms with Gasteiger partial charge in [0.15, 0.2) is 5.16 Å². The minimum atomic E-state index is -0.0435. The van der Waals surface area contributed by atoms with Crippen molar-refractivity contribution in [1.82, 2.24) is 14.8 Å². The number of anilines is 1. The second-order valence-electron chi connectivity index (χ2n) is 7.05. The normalized spacial score (nSPS) is 14.7. The second kappa shape index (κ2) is 9.06. The fraction of sp³-hybridized carbons (Fsp3) is 0.318. The SMILES string of the molecule is O=C(CSc1nnc(C2CCCCC2)n1-c1ccccc1)Nc1ccccc1. The molecule has 28 heavy (non-hydrogen) atoms. The molecular formula is C22H24N4OS. The van der Waals surface area contributed by atoms with Crippen molar-refractivity contribution in [2.45, 2.75) is 43.2 Å². The molecule has 1 aliphatic rings. The Hall–Kier alpha value is -2.60. The molecule has 0 atom stereocenters. The first-order valence-electron chi connectivity index (χ1n) is 9.80. The average molecular weight is 393 g/mol. The van der Waals surface area contributed by atoms with Gasteiger partial charge in [-0.25, -0.2) is 0 Å². The Morgan fingerprint density at radius 2 is 1.64 bits per heavy atom. The van der Waals surface area contributed by atoms with E-state index in [1.807, 2.05) is 48.5 Å². The monoisotopic (exact) mass is 392 g/mol. The number of amides is 1. The van der Waals surface area contributed by atoms with Gasteiger partial charge in [-0.05, 0) is 37.1 Å². The zero-order valence-electron chi connectivity index (χ0n) is 15.8. The number of rotatable bonds is 6.